The van der Waals surface area contributed by atoms with Crippen molar-refractivity contribution >= 4 is 5.69 Å². The Kier molecular flexibility index (Phi) is 2.75. The molecule has 1 aromatic carbocycles. The van der Waals surface area contributed by atoms with Gasteiger partial charge < -0.3 is 10.5 Å². The summed E-state index contributed by atoms with van der Waals surface area (Å²) in [6.07, 6.45) is 6.86. The average Bonchev–Trinajstić information content (AvgIpc) is 2.33. The zero-order chi connectivity index (χ0) is 11.4. The van der Waals surface area contributed by atoms with Crippen LogP contribution in [-0.4, -0.2) is 4.98 Å². The van der Waals surface area contributed by atoms with Crippen LogP contribution in [0, 0.1) is 12.3 Å². The van der Waals surface area contributed by atoms with Gasteiger partial charge in [-0.1, -0.05) is 24.1 Å². The zero-order valence-corrected chi connectivity index (χ0v) is 8.55. The van der Waals surface area contributed by atoms with E-state index in [0.717, 1.165) is 0 Å². The Morgan fingerprint density at radius 1 is 1.25 bits per heavy atom. The molecule has 0 saturated heterocycles. The van der Waals surface area contributed by atoms with Crippen LogP contribution in [-0.2, 0) is 0 Å². The first-order valence-electron chi connectivity index (χ1n) is 4.74. The van der Waals surface area contributed by atoms with E-state index in [1.807, 2.05) is 30.3 Å². The molecule has 0 spiro atoms. The summed E-state index contributed by atoms with van der Waals surface area (Å²) in [4.78, 5) is 4.05. The Bertz CT molecular complexity index is 529. The van der Waals surface area contributed by atoms with Crippen LogP contribution in [0.1, 0.15) is 5.56 Å². The number of pyridine rings is 1. The van der Waals surface area contributed by atoms with Gasteiger partial charge in [-0.05, 0) is 18.2 Å². The number of nitrogens with two attached hydrogens (primary N) is 1. The topological polar surface area (TPSA) is 48.1 Å². The highest BCUT2D eigenvalue weighted by Crippen LogP contribution is 2.23. The fourth-order valence-electron chi connectivity index (χ4n) is 1.25. The Morgan fingerprint density at radius 3 is 2.69 bits per heavy atom. The van der Waals surface area contributed by atoms with Gasteiger partial charge in [0.15, 0.2) is 0 Å². The number of rotatable bonds is 2. The smallest absolute Gasteiger partial charge is 0.235 e. The van der Waals surface area contributed by atoms with E-state index in [4.69, 9.17) is 16.9 Å². The highest BCUT2D eigenvalue weighted by atomic mass is 16.5. The largest absolute Gasteiger partial charge is 0.438 e. The molecule has 2 N–H and O–H groups in total. The first-order chi connectivity index (χ1) is 7.79. The monoisotopic (exact) mass is 210 g/mol. The molecule has 3 heteroatoms. The van der Waals surface area contributed by atoms with E-state index in [1.165, 1.54) is 6.20 Å². The zero-order valence-electron chi connectivity index (χ0n) is 8.55. The van der Waals surface area contributed by atoms with Crippen molar-refractivity contribution in [2.45, 2.75) is 0 Å². The second-order valence-electron chi connectivity index (χ2n) is 3.18. The lowest BCUT2D eigenvalue weighted by atomic mass is 10.2. The predicted molar refractivity (Wildman–Crippen MR) is 63.1 cm³/mol. The van der Waals surface area contributed by atoms with Gasteiger partial charge in [-0.3, -0.25) is 0 Å². The third-order valence-electron chi connectivity index (χ3n) is 1.99. The molecule has 0 radical (unpaired) electrons. The van der Waals surface area contributed by atoms with Gasteiger partial charge in [-0.15, -0.1) is 6.42 Å². The van der Waals surface area contributed by atoms with Gasteiger partial charge in [-0.25, -0.2) is 4.98 Å². The fraction of sp³-hybridized carbons (Fsp3) is 0. The second kappa shape index (κ2) is 4.37. The standard InChI is InChI=1S/C13H10N2O/c1-2-10-8-11(14)9-15-13(10)16-12-6-4-3-5-7-12/h1,3-9H,14H2. The first-order valence-corrected chi connectivity index (χ1v) is 4.74. The van der Waals surface area contributed by atoms with Gasteiger partial charge >= 0.3 is 0 Å². The summed E-state index contributed by atoms with van der Waals surface area (Å²) in [5.74, 6) is 3.57. The van der Waals surface area contributed by atoms with Crippen LogP contribution in [0.2, 0.25) is 0 Å². The molecule has 0 atom stereocenters. The van der Waals surface area contributed by atoms with Crippen LogP contribution in [0.5, 0.6) is 11.6 Å². The molecule has 0 amide bonds. The lowest BCUT2D eigenvalue weighted by molar-refractivity contribution is 0.461. The van der Waals surface area contributed by atoms with Crippen molar-refractivity contribution in [2.75, 3.05) is 5.73 Å². The molecule has 2 rings (SSSR count). The number of benzene rings is 1. The first kappa shape index (κ1) is 10.1. The molecule has 0 unspecified atom stereocenters. The number of terminal acetylenes is 1. The van der Waals surface area contributed by atoms with E-state index in [1.54, 1.807) is 6.07 Å². The van der Waals surface area contributed by atoms with E-state index in [2.05, 4.69) is 10.9 Å². The number of anilines is 1. The van der Waals surface area contributed by atoms with Crippen molar-refractivity contribution in [2.24, 2.45) is 0 Å². The van der Waals surface area contributed by atoms with Crippen molar-refractivity contribution in [3.63, 3.8) is 0 Å². The summed E-state index contributed by atoms with van der Waals surface area (Å²) in [7, 11) is 0. The molecular weight excluding hydrogens is 200 g/mol. The number of nitrogens with zero attached hydrogens (tertiary/aromatic N) is 1. The molecular formula is C13H10N2O. The van der Waals surface area contributed by atoms with E-state index < -0.39 is 0 Å². The maximum Gasteiger partial charge on any atom is 0.235 e. The molecule has 0 aliphatic carbocycles. The SMILES string of the molecule is C#Cc1cc(N)cnc1Oc1ccccc1. The van der Waals surface area contributed by atoms with Gasteiger partial charge in [0.1, 0.15) is 5.75 Å². The Morgan fingerprint density at radius 2 is 2.00 bits per heavy atom. The molecule has 0 saturated carbocycles. The van der Waals surface area contributed by atoms with Crippen molar-refractivity contribution in [3.8, 4) is 24.0 Å². The molecule has 2 aromatic rings. The summed E-state index contributed by atoms with van der Waals surface area (Å²) >= 11 is 0. The van der Waals surface area contributed by atoms with Crippen LogP contribution in [0.15, 0.2) is 42.6 Å². The molecule has 16 heavy (non-hydrogen) atoms. The fourth-order valence-corrected chi connectivity index (χ4v) is 1.25. The minimum Gasteiger partial charge on any atom is -0.438 e. The van der Waals surface area contributed by atoms with Crippen molar-refractivity contribution in [1.29, 1.82) is 0 Å². The van der Waals surface area contributed by atoms with Crippen LogP contribution >= 0.6 is 0 Å². The van der Waals surface area contributed by atoms with E-state index in [-0.39, 0.29) is 0 Å². The normalized spacial score (nSPS) is 9.44. The minimum atomic E-state index is 0.392. The predicted octanol–water partition coefficient (Wildman–Crippen LogP) is 2.44. The van der Waals surface area contributed by atoms with Crippen LogP contribution in [0.4, 0.5) is 5.69 Å². The maximum absolute atomic E-state index is 5.58. The van der Waals surface area contributed by atoms with Crippen LogP contribution in [0.25, 0.3) is 0 Å². The quantitative estimate of drug-likeness (QED) is 0.774. The molecule has 78 valence electrons. The van der Waals surface area contributed by atoms with Crippen molar-refractivity contribution < 1.29 is 4.74 Å². The lowest BCUT2D eigenvalue weighted by Crippen LogP contribution is -1.94. The highest BCUT2D eigenvalue weighted by Gasteiger charge is 2.04. The second-order valence-corrected chi connectivity index (χ2v) is 3.18. The molecule has 1 heterocycles. The highest BCUT2D eigenvalue weighted by molar-refractivity contribution is 5.50. The summed E-state index contributed by atoms with van der Waals surface area (Å²) in [6, 6.07) is 11.0. The number of hydrogen-bond acceptors (Lipinski definition) is 3. The van der Waals surface area contributed by atoms with Crippen molar-refractivity contribution in [1.82, 2.24) is 4.98 Å². The summed E-state index contributed by atoms with van der Waals surface area (Å²) in [5.41, 5.74) is 6.65. The van der Waals surface area contributed by atoms with Crippen LogP contribution < -0.4 is 10.5 Å². The lowest BCUT2D eigenvalue weighted by Gasteiger charge is -2.06. The van der Waals surface area contributed by atoms with Gasteiger partial charge in [0.05, 0.1) is 17.4 Å². The van der Waals surface area contributed by atoms with E-state index in [0.29, 0.717) is 22.9 Å². The molecule has 3 nitrogen and oxygen atoms in total. The summed E-state index contributed by atoms with van der Waals surface area (Å²) in [5, 5.41) is 0. The molecule has 0 bridgehead atoms. The van der Waals surface area contributed by atoms with Gasteiger partial charge in [0, 0.05) is 0 Å². The van der Waals surface area contributed by atoms with E-state index in [9.17, 15) is 0 Å². The van der Waals surface area contributed by atoms with Gasteiger partial charge in [0.2, 0.25) is 5.88 Å². The Hall–Kier alpha value is -2.47. The van der Waals surface area contributed by atoms with E-state index >= 15 is 0 Å². The number of aromatic nitrogens is 1. The van der Waals surface area contributed by atoms with Crippen molar-refractivity contribution in [3.05, 3.63) is 48.2 Å². The van der Waals surface area contributed by atoms with Crippen LogP contribution in [0.3, 0.4) is 0 Å². The summed E-state index contributed by atoms with van der Waals surface area (Å²) in [6.45, 7) is 0. The Labute approximate surface area is 93.9 Å². The summed E-state index contributed by atoms with van der Waals surface area (Å²) < 4.78 is 5.55. The average molecular weight is 210 g/mol. The number of para-hydroxylation sites is 1. The molecule has 0 aliphatic rings. The third-order valence-corrected chi connectivity index (χ3v) is 1.99. The number of nitrogen functional groups attached to an aromatic ring is 1. The molecule has 1 aromatic heterocycles. The van der Waals surface area contributed by atoms with Gasteiger partial charge in [0.25, 0.3) is 0 Å². The molecule has 0 fully saturated rings. The number of ether oxygens (including phenoxy) is 1. The number of hydrogen-bond donors (Lipinski definition) is 1. The third kappa shape index (κ3) is 2.12. The molecule has 0 aliphatic heterocycles. The minimum absolute atomic E-state index is 0.392. The Balaban J connectivity index is 2.32. The maximum atomic E-state index is 5.58. The van der Waals surface area contributed by atoms with Gasteiger partial charge in [-0.2, -0.15) is 0 Å².